The molecule has 0 aromatic heterocycles. The number of amides is 2. The first-order valence-electron chi connectivity index (χ1n) is 8.02. The molecule has 0 saturated heterocycles. The highest BCUT2D eigenvalue weighted by Crippen LogP contribution is 2.24. The maximum Gasteiger partial charge on any atom is 0.319 e. The molecule has 134 valence electrons. The molecule has 1 unspecified atom stereocenters. The van der Waals surface area contributed by atoms with Crippen LogP contribution in [0.25, 0.3) is 0 Å². The Hall–Kier alpha value is -2.05. The number of ether oxygens (including phenoxy) is 1. The number of benzene rings is 2. The Labute approximate surface area is 157 Å². The van der Waals surface area contributed by atoms with Gasteiger partial charge in [0, 0.05) is 11.0 Å². The summed E-state index contributed by atoms with van der Waals surface area (Å²) in [7, 11) is 5.63. The molecule has 1 atom stereocenters. The van der Waals surface area contributed by atoms with Gasteiger partial charge in [-0.2, -0.15) is 0 Å². The largest absolute Gasteiger partial charge is 0.497 e. The van der Waals surface area contributed by atoms with Gasteiger partial charge in [-0.15, -0.1) is 0 Å². The lowest BCUT2D eigenvalue weighted by Gasteiger charge is -2.25. The van der Waals surface area contributed by atoms with Crippen LogP contribution in [0.1, 0.15) is 17.2 Å². The van der Waals surface area contributed by atoms with Gasteiger partial charge in [-0.25, -0.2) is 4.79 Å². The summed E-state index contributed by atoms with van der Waals surface area (Å²) < 4.78 is 6.06. The zero-order chi connectivity index (χ0) is 18.4. The standard InChI is InChI=1S/C19H24BrN3O2/c1-13-5-10-17(16(20)11-13)22-19(24)21-12-18(23(2)3)14-6-8-15(25-4)9-7-14/h5-11,18H,12H2,1-4H3,(H2,21,22,24). The first-order valence-corrected chi connectivity index (χ1v) is 8.81. The van der Waals surface area contributed by atoms with Crippen LogP contribution in [0.4, 0.5) is 10.5 Å². The van der Waals surface area contributed by atoms with Gasteiger partial charge in [0.2, 0.25) is 0 Å². The van der Waals surface area contributed by atoms with Gasteiger partial charge < -0.3 is 20.3 Å². The Kier molecular flexibility index (Phi) is 6.84. The van der Waals surface area contributed by atoms with E-state index in [1.807, 2.05) is 63.5 Å². The Balaban J connectivity index is 1.99. The molecule has 2 aromatic carbocycles. The number of halogens is 1. The van der Waals surface area contributed by atoms with E-state index in [-0.39, 0.29) is 12.1 Å². The highest BCUT2D eigenvalue weighted by Gasteiger charge is 2.16. The van der Waals surface area contributed by atoms with E-state index in [4.69, 9.17) is 4.74 Å². The number of carbonyl (C=O) groups is 1. The van der Waals surface area contributed by atoms with E-state index < -0.39 is 0 Å². The van der Waals surface area contributed by atoms with Crippen molar-refractivity contribution in [2.75, 3.05) is 33.1 Å². The van der Waals surface area contributed by atoms with E-state index in [9.17, 15) is 4.79 Å². The van der Waals surface area contributed by atoms with Crippen molar-refractivity contribution in [1.29, 1.82) is 0 Å². The maximum absolute atomic E-state index is 12.2. The second-order valence-corrected chi connectivity index (χ2v) is 6.93. The number of rotatable bonds is 6. The van der Waals surface area contributed by atoms with Gasteiger partial charge in [-0.05, 0) is 72.3 Å². The number of anilines is 1. The summed E-state index contributed by atoms with van der Waals surface area (Å²) >= 11 is 3.47. The molecule has 2 rings (SSSR count). The Morgan fingerprint density at radius 3 is 2.44 bits per heavy atom. The molecule has 2 N–H and O–H groups in total. The summed E-state index contributed by atoms with van der Waals surface area (Å²) in [5.74, 6) is 0.816. The first-order chi connectivity index (χ1) is 11.9. The van der Waals surface area contributed by atoms with Crippen molar-refractivity contribution in [3.8, 4) is 5.75 Å². The number of hydrogen-bond donors (Lipinski definition) is 2. The van der Waals surface area contributed by atoms with Gasteiger partial charge in [0.25, 0.3) is 0 Å². The van der Waals surface area contributed by atoms with Crippen LogP contribution < -0.4 is 15.4 Å². The molecular formula is C19H24BrN3O2. The van der Waals surface area contributed by atoms with Crippen molar-refractivity contribution >= 4 is 27.6 Å². The van der Waals surface area contributed by atoms with E-state index >= 15 is 0 Å². The van der Waals surface area contributed by atoms with Crippen LogP contribution in [0.15, 0.2) is 46.9 Å². The summed E-state index contributed by atoms with van der Waals surface area (Å²) in [6, 6.07) is 13.5. The molecule has 0 heterocycles. The number of methoxy groups -OCH3 is 1. The van der Waals surface area contributed by atoms with Crippen molar-refractivity contribution in [1.82, 2.24) is 10.2 Å². The van der Waals surface area contributed by atoms with E-state index in [1.54, 1.807) is 7.11 Å². The minimum atomic E-state index is -0.232. The van der Waals surface area contributed by atoms with Crippen molar-refractivity contribution in [2.24, 2.45) is 0 Å². The third kappa shape index (κ3) is 5.47. The number of hydrogen-bond acceptors (Lipinski definition) is 3. The van der Waals surface area contributed by atoms with Gasteiger partial charge in [-0.1, -0.05) is 18.2 Å². The quantitative estimate of drug-likeness (QED) is 0.757. The Bertz CT molecular complexity index is 717. The molecular weight excluding hydrogens is 382 g/mol. The van der Waals surface area contributed by atoms with Crippen LogP contribution in [-0.2, 0) is 0 Å². The van der Waals surface area contributed by atoms with Crippen molar-refractivity contribution in [3.05, 3.63) is 58.1 Å². The summed E-state index contributed by atoms with van der Waals surface area (Å²) in [5.41, 5.74) is 2.99. The molecule has 0 aliphatic rings. The van der Waals surface area contributed by atoms with Gasteiger partial charge >= 0.3 is 6.03 Å². The first kappa shape index (κ1) is 19.3. The molecule has 0 radical (unpaired) electrons. The zero-order valence-electron chi connectivity index (χ0n) is 15.0. The molecule has 25 heavy (non-hydrogen) atoms. The van der Waals surface area contributed by atoms with Gasteiger partial charge in [0.15, 0.2) is 0 Å². The highest BCUT2D eigenvalue weighted by molar-refractivity contribution is 9.10. The van der Waals surface area contributed by atoms with Crippen molar-refractivity contribution in [2.45, 2.75) is 13.0 Å². The van der Waals surface area contributed by atoms with Crippen LogP contribution in [-0.4, -0.2) is 38.7 Å². The number of urea groups is 1. The van der Waals surface area contributed by atoms with E-state index in [1.165, 1.54) is 0 Å². The lowest BCUT2D eigenvalue weighted by Crippen LogP contribution is -2.36. The van der Waals surface area contributed by atoms with Crippen LogP contribution in [0.5, 0.6) is 5.75 Å². The molecule has 0 aliphatic heterocycles. The molecule has 0 spiro atoms. The van der Waals surface area contributed by atoms with E-state index in [0.717, 1.165) is 27.0 Å². The van der Waals surface area contributed by atoms with Crippen molar-refractivity contribution < 1.29 is 9.53 Å². The lowest BCUT2D eigenvalue weighted by molar-refractivity contribution is 0.243. The van der Waals surface area contributed by atoms with Crippen LogP contribution >= 0.6 is 15.9 Å². The maximum atomic E-state index is 12.2. The predicted molar refractivity (Wildman–Crippen MR) is 105 cm³/mol. The topological polar surface area (TPSA) is 53.6 Å². The summed E-state index contributed by atoms with van der Waals surface area (Å²) in [6.45, 7) is 2.50. The summed E-state index contributed by atoms with van der Waals surface area (Å²) in [6.07, 6.45) is 0. The molecule has 0 fully saturated rings. The highest BCUT2D eigenvalue weighted by atomic mass is 79.9. The van der Waals surface area contributed by atoms with E-state index in [0.29, 0.717) is 6.54 Å². The molecule has 0 saturated carbocycles. The minimum Gasteiger partial charge on any atom is -0.497 e. The predicted octanol–water partition coefficient (Wildman–Crippen LogP) is 4.19. The Morgan fingerprint density at radius 1 is 1.20 bits per heavy atom. The van der Waals surface area contributed by atoms with Gasteiger partial charge in [0.05, 0.1) is 18.8 Å². The fourth-order valence-electron chi connectivity index (χ4n) is 2.50. The summed E-state index contributed by atoms with van der Waals surface area (Å²) in [4.78, 5) is 14.3. The lowest BCUT2D eigenvalue weighted by atomic mass is 10.1. The average Bonchev–Trinajstić information content (AvgIpc) is 2.58. The van der Waals surface area contributed by atoms with Crippen LogP contribution in [0.2, 0.25) is 0 Å². The van der Waals surface area contributed by atoms with E-state index in [2.05, 4.69) is 31.5 Å². The Morgan fingerprint density at radius 2 is 1.88 bits per heavy atom. The fraction of sp³-hybridized carbons (Fsp3) is 0.316. The van der Waals surface area contributed by atoms with Crippen molar-refractivity contribution in [3.63, 3.8) is 0 Å². The third-order valence-corrected chi connectivity index (χ3v) is 4.61. The summed E-state index contributed by atoms with van der Waals surface area (Å²) in [5, 5.41) is 5.80. The molecule has 2 aromatic rings. The zero-order valence-corrected chi connectivity index (χ0v) is 16.6. The third-order valence-electron chi connectivity index (χ3n) is 3.95. The minimum absolute atomic E-state index is 0.0677. The SMILES string of the molecule is COc1ccc(C(CNC(=O)Nc2ccc(C)cc2Br)N(C)C)cc1. The molecule has 0 bridgehead atoms. The molecule has 5 nitrogen and oxygen atoms in total. The van der Waals surface area contributed by atoms with Gasteiger partial charge in [-0.3, -0.25) is 0 Å². The number of nitrogens with zero attached hydrogens (tertiary/aromatic N) is 1. The number of aryl methyl sites for hydroxylation is 1. The van der Waals surface area contributed by atoms with Crippen LogP contribution in [0.3, 0.4) is 0 Å². The fourth-order valence-corrected chi connectivity index (χ4v) is 3.09. The second-order valence-electron chi connectivity index (χ2n) is 6.07. The number of nitrogens with one attached hydrogen (secondary N) is 2. The number of likely N-dealkylation sites (N-methyl/N-ethyl adjacent to an activating group) is 1. The smallest absolute Gasteiger partial charge is 0.319 e. The molecule has 0 aliphatic carbocycles. The molecule has 6 heteroatoms. The monoisotopic (exact) mass is 405 g/mol. The number of carbonyl (C=O) groups excluding carboxylic acids is 1. The van der Waals surface area contributed by atoms with Gasteiger partial charge in [0.1, 0.15) is 5.75 Å². The van der Waals surface area contributed by atoms with Crippen LogP contribution in [0, 0.1) is 6.92 Å². The second kappa shape index (κ2) is 8.87. The normalized spacial score (nSPS) is 11.9. The average molecular weight is 406 g/mol. The molecule has 2 amide bonds.